The van der Waals surface area contributed by atoms with Gasteiger partial charge in [0.25, 0.3) is 0 Å². The van der Waals surface area contributed by atoms with E-state index in [1.54, 1.807) is 0 Å². The van der Waals surface area contributed by atoms with E-state index in [0.717, 1.165) is 5.92 Å². The highest BCUT2D eigenvalue weighted by atomic mass is 127. The molecule has 1 saturated carbocycles. The number of allylic oxidation sites excluding steroid dienone is 1. The highest BCUT2D eigenvalue weighted by molar-refractivity contribution is 14.1. The van der Waals surface area contributed by atoms with Gasteiger partial charge in [-0.25, -0.2) is 0 Å². The van der Waals surface area contributed by atoms with Crippen LogP contribution in [0.3, 0.4) is 0 Å². The van der Waals surface area contributed by atoms with E-state index >= 15 is 0 Å². The van der Waals surface area contributed by atoms with Crippen LogP contribution in [0.4, 0.5) is 0 Å². The Balaban J connectivity index is 2.49. The summed E-state index contributed by atoms with van der Waals surface area (Å²) in [6.45, 7) is 9.29. The van der Waals surface area contributed by atoms with E-state index in [-0.39, 0.29) is 0 Å². The van der Waals surface area contributed by atoms with Crippen LogP contribution in [0.15, 0.2) is 9.56 Å². The van der Waals surface area contributed by atoms with E-state index < -0.39 is 0 Å². The highest BCUT2D eigenvalue weighted by Gasteiger charge is 2.25. The molecule has 0 amide bonds. The van der Waals surface area contributed by atoms with E-state index in [2.05, 4.69) is 63.6 Å². The minimum Gasteiger partial charge on any atom is -0.0818 e. The van der Waals surface area contributed by atoms with Crippen LogP contribution in [-0.4, -0.2) is 7.28 Å². The molecule has 0 spiro atoms. The fourth-order valence-electron chi connectivity index (χ4n) is 2.10. The van der Waals surface area contributed by atoms with Crippen LogP contribution in [-0.2, 0) is 0 Å². The molecule has 0 aromatic rings. The quantitative estimate of drug-likeness (QED) is 0.478. The minimum absolute atomic E-state index is 0.321. The second-order valence-electron chi connectivity index (χ2n) is 6.07. The van der Waals surface area contributed by atoms with Crippen molar-refractivity contribution in [1.29, 1.82) is 0 Å². The van der Waals surface area contributed by atoms with Crippen LogP contribution in [0.2, 0.25) is 5.31 Å². The largest absolute Gasteiger partial charge is 0.166 e. The average molecular weight is 331 g/mol. The summed E-state index contributed by atoms with van der Waals surface area (Å²) < 4.78 is 1.46. The summed E-state index contributed by atoms with van der Waals surface area (Å²) in [4.78, 5) is 0. The summed E-state index contributed by atoms with van der Waals surface area (Å²) >= 11 is 2.51. The monoisotopic (exact) mass is 331 g/mol. The van der Waals surface area contributed by atoms with Gasteiger partial charge in [0.15, 0.2) is 7.28 Å². The van der Waals surface area contributed by atoms with Gasteiger partial charge < -0.3 is 0 Å². The third-order valence-corrected chi connectivity index (χ3v) is 4.71. The molecule has 0 unspecified atom stereocenters. The molecule has 0 aromatic carbocycles. The highest BCUT2D eigenvalue weighted by Crippen LogP contribution is 2.37. The van der Waals surface area contributed by atoms with Crippen molar-refractivity contribution >= 4 is 29.9 Å². The molecule has 0 aliphatic heterocycles. The van der Waals surface area contributed by atoms with Crippen molar-refractivity contribution in [2.45, 2.75) is 65.1 Å². The van der Waals surface area contributed by atoms with Crippen molar-refractivity contribution in [3.63, 3.8) is 0 Å². The van der Waals surface area contributed by atoms with E-state index in [1.165, 1.54) is 35.6 Å². The maximum absolute atomic E-state index is 2.51. The van der Waals surface area contributed by atoms with Crippen molar-refractivity contribution in [2.75, 3.05) is 0 Å². The number of hydrogen-bond acceptors (Lipinski definition) is 0. The molecule has 0 nitrogen and oxygen atoms in total. The number of rotatable bonds is 4. The molecular formula is C14H25BI. The molecule has 0 aromatic heterocycles. The van der Waals surface area contributed by atoms with Gasteiger partial charge >= 0.3 is 0 Å². The average Bonchev–Trinajstić information content (AvgIpc) is 2.17. The van der Waals surface area contributed by atoms with Crippen molar-refractivity contribution in [3.8, 4) is 0 Å². The Bertz CT molecular complexity index is 237. The Kier molecular flexibility index (Phi) is 5.90. The van der Waals surface area contributed by atoms with Gasteiger partial charge in [-0.3, -0.25) is 0 Å². The first-order chi connectivity index (χ1) is 7.42. The first-order valence-electron chi connectivity index (χ1n) is 6.65. The van der Waals surface area contributed by atoms with Crippen molar-refractivity contribution in [3.05, 3.63) is 9.56 Å². The lowest BCUT2D eigenvalue weighted by Gasteiger charge is -2.29. The second kappa shape index (κ2) is 6.46. The summed E-state index contributed by atoms with van der Waals surface area (Å²) in [6, 6.07) is 0. The molecule has 1 fully saturated rings. The topological polar surface area (TPSA) is 0 Å². The van der Waals surface area contributed by atoms with Crippen molar-refractivity contribution in [1.82, 2.24) is 0 Å². The summed E-state index contributed by atoms with van der Waals surface area (Å²) in [7, 11) is 2.45. The van der Waals surface area contributed by atoms with Crippen LogP contribution in [0, 0.1) is 11.8 Å². The van der Waals surface area contributed by atoms with Crippen LogP contribution >= 0.6 is 22.6 Å². The van der Waals surface area contributed by atoms with Gasteiger partial charge in [0, 0.05) is 0 Å². The molecular weight excluding hydrogens is 306 g/mol. The zero-order chi connectivity index (χ0) is 12.2. The predicted octanol–water partition coefficient (Wildman–Crippen LogP) is 5.40. The smallest absolute Gasteiger partial charge is 0.0818 e. The van der Waals surface area contributed by atoms with Gasteiger partial charge in [0.1, 0.15) is 0 Å². The molecule has 2 heteroatoms. The third-order valence-electron chi connectivity index (χ3n) is 4.04. The molecule has 1 aliphatic rings. The molecule has 1 radical (unpaired) electrons. The molecule has 1 aliphatic carbocycles. The Morgan fingerprint density at radius 1 is 1.25 bits per heavy atom. The van der Waals surface area contributed by atoms with Gasteiger partial charge in [-0.05, 0) is 24.7 Å². The number of hydrogen-bond donors (Lipinski definition) is 0. The molecule has 0 N–H and O–H groups in total. The Morgan fingerprint density at radius 3 is 2.31 bits per heavy atom. The first kappa shape index (κ1) is 14.6. The summed E-state index contributed by atoms with van der Waals surface area (Å²) in [5, 5.41) is 0.321. The lowest BCUT2D eigenvalue weighted by atomic mass is 9.49. The summed E-state index contributed by atoms with van der Waals surface area (Å²) in [5.41, 5.74) is 0. The first-order valence-corrected chi connectivity index (χ1v) is 7.73. The molecule has 0 saturated heterocycles. The molecule has 16 heavy (non-hydrogen) atoms. The van der Waals surface area contributed by atoms with Gasteiger partial charge in [-0.15, -0.1) is 0 Å². The number of halogens is 1. The Hall–Kier alpha value is 0.535. The zero-order valence-electron chi connectivity index (χ0n) is 11.2. The van der Waals surface area contributed by atoms with Gasteiger partial charge in [0.2, 0.25) is 0 Å². The predicted molar refractivity (Wildman–Crippen MR) is 83.3 cm³/mol. The van der Waals surface area contributed by atoms with E-state index in [0.29, 0.717) is 11.2 Å². The molecule has 91 valence electrons. The normalized spacial score (nSPS) is 20.2. The minimum atomic E-state index is 0.321. The molecule has 0 bridgehead atoms. The third kappa shape index (κ3) is 4.81. The second-order valence-corrected chi connectivity index (χ2v) is 7.32. The molecule has 0 heterocycles. The van der Waals surface area contributed by atoms with Gasteiger partial charge in [0.05, 0.1) is 0 Å². The van der Waals surface area contributed by atoms with Crippen LogP contribution in [0.25, 0.3) is 0 Å². The zero-order valence-corrected chi connectivity index (χ0v) is 13.4. The van der Waals surface area contributed by atoms with E-state index in [9.17, 15) is 0 Å². The van der Waals surface area contributed by atoms with E-state index in [4.69, 9.17) is 0 Å². The standard InChI is InChI=1S/C14H25BI/c1-11(2)14(3,4)15-13(16)10-12-8-6-5-7-9-12/h10-12H,5-9H2,1-4H3/b13-10-. The van der Waals surface area contributed by atoms with Gasteiger partial charge in [-0.2, -0.15) is 0 Å². The lowest BCUT2D eigenvalue weighted by Crippen LogP contribution is -2.20. The molecule has 1 rings (SSSR count). The van der Waals surface area contributed by atoms with Crippen molar-refractivity contribution in [2.24, 2.45) is 11.8 Å². The maximum Gasteiger partial charge on any atom is 0.166 e. The molecule has 0 atom stereocenters. The summed E-state index contributed by atoms with van der Waals surface area (Å²) in [6.07, 6.45) is 9.62. The summed E-state index contributed by atoms with van der Waals surface area (Å²) in [5.74, 6) is 1.55. The van der Waals surface area contributed by atoms with Crippen molar-refractivity contribution < 1.29 is 0 Å². The Morgan fingerprint density at radius 2 is 1.81 bits per heavy atom. The Labute approximate surface area is 116 Å². The fraction of sp³-hybridized carbons (Fsp3) is 0.857. The SMILES string of the molecule is CC(C)C(C)(C)[B]/C(I)=C/C1CCCCC1. The maximum atomic E-state index is 2.51. The van der Waals surface area contributed by atoms with Crippen LogP contribution in [0.1, 0.15) is 59.8 Å². The fourth-order valence-corrected chi connectivity index (χ4v) is 3.41. The van der Waals surface area contributed by atoms with Crippen LogP contribution in [0.5, 0.6) is 0 Å². The van der Waals surface area contributed by atoms with Crippen LogP contribution < -0.4 is 0 Å². The van der Waals surface area contributed by atoms with E-state index in [1.807, 2.05) is 0 Å². The van der Waals surface area contributed by atoms with Gasteiger partial charge in [-0.1, -0.05) is 84.4 Å². The lowest BCUT2D eigenvalue weighted by molar-refractivity contribution is 0.419.